The van der Waals surface area contributed by atoms with E-state index in [1.165, 1.54) is 14.0 Å². The Morgan fingerprint density at radius 1 is 1.41 bits per heavy atom. The molecular weight excluding hydrogens is 296 g/mol. The second kappa shape index (κ2) is 11.2. The molecule has 1 aliphatic rings. The second-order valence-corrected chi connectivity index (χ2v) is 4.57. The van der Waals surface area contributed by atoms with Crippen LogP contribution in [0.1, 0.15) is 25.7 Å². The number of hydrogen-bond acceptors (Lipinski definition) is 6. The Hall–Kier alpha value is -1.42. The van der Waals surface area contributed by atoms with Gasteiger partial charge in [-0.3, -0.25) is 0 Å². The molecule has 8 N–H and O–H groups in total. The first-order valence-corrected chi connectivity index (χ1v) is 6.40. The van der Waals surface area contributed by atoms with Gasteiger partial charge in [-0.1, -0.05) is 6.07 Å². The summed E-state index contributed by atoms with van der Waals surface area (Å²) >= 11 is 0. The Balaban J connectivity index is 0. The Labute approximate surface area is 129 Å². The van der Waals surface area contributed by atoms with E-state index in [0.29, 0.717) is 12.4 Å². The molecule has 0 amide bonds. The van der Waals surface area contributed by atoms with Gasteiger partial charge in [0.1, 0.15) is 0 Å². The molecule has 1 fully saturated rings. The van der Waals surface area contributed by atoms with Gasteiger partial charge in [0, 0.05) is 5.56 Å². The van der Waals surface area contributed by atoms with Crippen molar-refractivity contribution < 1.29 is 40.5 Å². The predicted molar refractivity (Wildman–Crippen MR) is 81.2 cm³/mol. The lowest BCUT2D eigenvalue weighted by Crippen LogP contribution is -2.03. The smallest absolute Gasteiger partial charge is 0.184 e. The number of rotatable bonds is 3. The summed E-state index contributed by atoms with van der Waals surface area (Å²) in [6.07, 6.45) is -0.806. The summed E-state index contributed by atoms with van der Waals surface area (Å²) in [5.41, 5.74) is 0.856. The predicted octanol–water partition coefficient (Wildman–Crippen LogP) is -0.552. The van der Waals surface area contributed by atoms with Crippen molar-refractivity contribution >= 4 is 0 Å². The number of methoxy groups -OCH3 is 1. The minimum Gasteiger partial charge on any atom is -0.504 e. The molecule has 0 saturated carbocycles. The van der Waals surface area contributed by atoms with Gasteiger partial charge < -0.3 is 40.5 Å². The largest absolute Gasteiger partial charge is 0.504 e. The third-order valence-corrected chi connectivity index (χ3v) is 2.58. The lowest BCUT2D eigenvalue weighted by atomic mass is 10.2. The van der Waals surface area contributed by atoms with Crippen molar-refractivity contribution in [1.29, 1.82) is 0 Å². The van der Waals surface area contributed by atoms with Crippen molar-refractivity contribution in [3.05, 3.63) is 23.8 Å². The van der Waals surface area contributed by atoms with Crippen LogP contribution in [-0.2, 0) is 14.9 Å². The maximum Gasteiger partial charge on any atom is 0.184 e. The summed E-state index contributed by atoms with van der Waals surface area (Å²) in [5.74, 6) is 0.548. The van der Waals surface area contributed by atoms with E-state index in [2.05, 4.69) is 0 Å². The molecule has 3 unspecified atom stereocenters. The zero-order chi connectivity index (χ0) is 15.1. The number of benzene rings is 1. The van der Waals surface area contributed by atoms with Crippen LogP contribution in [0, 0.1) is 0 Å². The van der Waals surface area contributed by atoms with E-state index >= 15 is 0 Å². The van der Waals surface area contributed by atoms with E-state index in [4.69, 9.17) is 24.4 Å². The van der Waals surface area contributed by atoms with E-state index in [0.717, 1.165) is 5.56 Å². The molecule has 0 aromatic heterocycles. The fraction of sp³-hybridized carbons (Fsp3) is 0.571. The Kier molecular flexibility index (Phi) is 11.6. The lowest BCUT2D eigenvalue weighted by Gasteiger charge is -2.12. The molecule has 22 heavy (non-hydrogen) atoms. The van der Waals surface area contributed by atoms with Crippen LogP contribution >= 0.6 is 0 Å². The molecule has 1 aromatic rings. The van der Waals surface area contributed by atoms with E-state index in [-0.39, 0.29) is 35.7 Å². The van der Waals surface area contributed by atoms with Crippen LogP contribution in [0.3, 0.4) is 0 Å². The normalized spacial score (nSPS) is 20.8. The Bertz CT molecular complexity index is 410. The first-order chi connectivity index (χ1) is 9.47. The van der Waals surface area contributed by atoms with E-state index in [1.807, 2.05) is 6.92 Å². The lowest BCUT2D eigenvalue weighted by molar-refractivity contribution is -0.0573. The Morgan fingerprint density at radius 3 is 2.41 bits per heavy atom. The highest BCUT2D eigenvalue weighted by Gasteiger charge is 2.24. The van der Waals surface area contributed by atoms with Gasteiger partial charge in [0.15, 0.2) is 17.8 Å². The topological polar surface area (TPSA) is 153 Å². The molecule has 3 atom stereocenters. The number of aliphatic hydroxyl groups excluding tert-OH is 2. The summed E-state index contributed by atoms with van der Waals surface area (Å²) in [4.78, 5) is 0. The van der Waals surface area contributed by atoms with Crippen molar-refractivity contribution in [2.75, 3.05) is 20.3 Å². The fourth-order valence-electron chi connectivity index (χ4n) is 1.53. The molecule has 0 spiro atoms. The van der Waals surface area contributed by atoms with Gasteiger partial charge in [0.25, 0.3) is 0 Å². The number of phenols is 1. The van der Waals surface area contributed by atoms with Gasteiger partial charge in [0.05, 0.1) is 32.5 Å². The van der Waals surface area contributed by atoms with Gasteiger partial charge in [-0.05, 0) is 26.0 Å². The van der Waals surface area contributed by atoms with Crippen molar-refractivity contribution in [1.82, 2.24) is 0 Å². The molecule has 8 heteroatoms. The number of phenolic OH excluding ortho intramolecular Hbond substituents is 1. The first-order valence-electron chi connectivity index (χ1n) is 6.40. The number of aliphatic hydroxyl groups is 2. The summed E-state index contributed by atoms with van der Waals surface area (Å²) < 4.78 is 16.0. The van der Waals surface area contributed by atoms with Crippen LogP contribution in [-0.4, -0.2) is 53.3 Å². The number of ether oxygens (including phenoxy) is 3. The molecule has 1 aliphatic heterocycles. The molecule has 0 bridgehead atoms. The second-order valence-electron chi connectivity index (χ2n) is 4.57. The first kappa shape index (κ1) is 22.9. The highest BCUT2D eigenvalue weighted by atomic mass is 16.7. The SMILES string of the molecule is CC(O)CO.COc1cc(C2OCC(C)O2)ccc1O.O.[OH3+]. The molecular formula is C14H27O8+. The summed E-state index contributed by atoms with van der Waals surface area (Å²) in [7, 11) is 1.51. The Morgan fingerprint density at radius 2 is 2.00 bits per heavy atom. The van der Waals surface area contributed by atoms with Crippen LogP contribution in [0.5, 0.6) is 11.5 Å². The summed E-state index contributed by atoms with van der Waals surface area (Å²) in [6.45, 7) is 3.94. The zero-order valence-electron chi connectivity index (χ0n) is 13.0. The quantitative estimate of drug-likeness (QED) is 0.634. The minimum atomic E-state index is -0.560. The third-order valence-electron chi connectivity index (χ3n) is 2.58. The molecule has 0 radical (unpaired) electrons. The van der Waals surface area contributed by atoms with Crippen molar-refractivity contribution in [2.45, 2.75) is 32.3 Å². The molecule has 1 saturated heterocycles. The van der Waals surface area contributed by atoms with Crippen molar-refractivity contribution in [3.8, 4) is 11.5 Å². The fourth-order valence-corrected chi connectivity index (χ4v) is 1.53. The number of aromatic hydroxyl groups is 1. The van der Waals surface area contributed by atoms with Crippen molar-refractivity contribution in [2.24, 2.45) is 0 Å². The van der Waals surface area contributed by atoms with Crippen LogP contribution in [0.2, 0.25) is 0 Å². The van der Waals surface area contributed by atoms with E-state index < -0.39 is 6.10 Å². The average molecular weight is 323 g/mol. The number of hydrogen-bond donors (Lipinski definition) is 3. The maximum absolute atomic E-state index is 9.42. The van der Waals surface area contributed by atoms with E-state index in [1.54, 1.807) is 18.2 Å². The average Bonchev–Trinajstić information content (AvgIpc) is 2.86. The monoisotopic (exact) mass is 323 g/mol. The van der Waals surface area contributed by atoms with Crippen LogP contribution in [0.25, 0.3) is 0 Å². The van der Waals surface area contributed by atoms with Gasteiger partial charge in [-0.15, -0.1) is 0 Å². The highest BCUT2D eigenvalue weighted by Crippen LogP contribution is 2.33. The molecule has 1 aromatic carbocycles. The van der Waals surface area contributed by atoms with Crippen LogP contribution in [0.15, 0.2) is 18.2 Å². The third kappa shape index (κ3) is 7.03. The van der Waals surface area contributed by atoms with Crippen molar-refractivity contribution in [3.63, 3.8) is 0 Å². The maximum atomic E-state index is 9.42. The van der Waals surface area contributed by atoms with Gasteiger partial charge >= 0.3 is 0 Å². The minimum absolute atomic E-state index is 0. The molecule has 1 heterocycles. The van der Waals surface area contributed by atoms with Gasteiger partial charge in [0.2, 0.25) is 0 Å². The highest BCUT2D eigenvalue weighted by molar-refractivity contribution is 5.42. The van der Waals surface area contributed by atoms with Crippen LogP contribution in [0.4, 0.5) is 0 Å². The standard InChI is InChI=1S/C11H14O4.C3H8O2.2H2O/c1-7-6-14-11(15-7)8-3-4-9(12)10(5-8)13-2;1-3(5)2-4;;/h3-5,7,11-12H,6H2,1-2H3;3-5H,2H2,1H3;2*1H2/p+1. The zero-order valence-corrected chi connectivity index (χ0v) is 13.0. The summed E-state index contributed by atoms with van der Waals surface area (Å²) in [5, 5.41) is 25.4. The molecule has 0 aliphatic carbocycles. The van der Waals surface area contributed by atoms with Gasteiger partial charge in [-0.25, -0.2) is 0 Å². The molecule has 2 rings (SSSR count). The molecule has 130 valence electrons. The van der Waals surface area contributed by atoms with Crippen LogP contribution < -0.4 is 4.74 Å². The van der Waals surface area contributed by atoms with E-state index in [9.17, 15) is 5.11 Å². The summed E-state index contributed by atoms with van der Waals surface area (Å²) in [6, 6.07) is 5.06. The molecule has 8 nitrogen and oxygen atoms in total. The van der Waals surface area contributed by atoms with Gasteiger partial charge in [-0.2, -0.15) is 0 Å².